The van der Waals surface area contributed by atoms with Gasteiger partial charge in [0.05, 0.1) is 7.11 Å². The number of amides is 1. The number of hydrogen-bond acceptors (Lipinski definition) is 3. The molecule has 1 amide bonds. The lowest BCUT2D eigenvalue weighted by Gasteiger charge is -2.32. The summed E-state index contributed by atoms with van der Waals surface area (Å²) in [5.74, 6) is 2.52. The maximum absolute atomic E-state index is 12.8. The van der Waals surface area contributed by atoms with Gasteiger partial charge in [0.2, 0.25) is 0 Å². The van der Waals surface area contributed by atoms with E-state index in [1.54, 1.807) is 7.11 Å². The first kappa shape index (κ1) is 18.2. The first-order valence-electron chi connectivity index (χ1n) is 9.81. The van der Waals surface area contributed by atoms with E-state index in [0.29, 0.717) is 0 Å². The lowest BCUT2D eigenvalue weighted by molar-refractivity contribution is 0.0757. The minimum atomic E-state index is 0.145. The van der Waals surface area contributed by atoms with Crippen LogP contribution in [-0.2, 0) is 0 Å². The molecule has 0 radical (unpaired) electrons. The first-order chi connectivity index (χ1) is 12.2. The van der Waals surface area contributed by atoms with Gasteiger partial charge in [-0.2, -0.15) is 0 Å². The van der Waals surface area contributed by atoms with Gasteiger partial charge in [0, 0.05) is 25.2 Å². The Morgan fingerprint density at radius 3 is 2.68 bits per heavy atom. The summed E-state index contributed by atoms with van der Waals surface area (Å²) in [4.78, 5) is 17.5. The number of carbonyl (C=O) groups excluding carboxylic acids is 1. The van der Waals surface area contributed by atoms with Gasteiger partial charge in [0.1, 0.15) is 5.75 Å². The van der Waals surface area contributed by atoms with Crippen LogP contribution in [-0.4, -0.2) is 55.5 Å². The van der Waals surface area contributed by atoms with Crippen LogP contribution in [0.5, 0.6) is 5.75 Å². The molecule has 1 unspecified atom stereocenters. The van der Waals surface area contributed by atoms with Crippen molar-refractivity contribution in [3.63, 3.8) is 0 Å². The number of benzene rings is 1. The third-order valence-electron chi connectivity index (χ3n) is 5.84. The molecule has 2 aliphatic rings. The van der Waals surface area contributed by atoms with Crippen LogP contribution < -0.4 is 4.74 Å². The highest BCUT2D eigenvalue weighted by Gasteiger charge is 2.24. The number of likely N-dealkylation sites (tertiary alicyclic amines) is 2. The average molecular weight is 344 g/mol. The zero-order chi connectivity index (χ0) is 17.6. The molecular weight excluding hydrogens is 312 g/mol. The van der Waals surface area contributed by atoms with Gasteiger partial charge in [-0.15, -0.1) is 0 Å². The molecule has 2 fully saturated rings. The molecule has 2 saturated heterocycles. The first-order valence-corrected chi connectivity index (χ1v) is 9.81. The van der Waals surface area contributed by atoms with Crippen molar-refractivity contribution in [1.29, 1.82) is 0 Å². The predicted octanol–water partition coefficient (Wildman–Crippen LogP) is 3.67. The smallest absolute Gasteiger partial charge is 0.253 e. The molecule has 0 bridgehead atoms. The summed E-state index contributed by atoms with van der Waals surface area (Å²) in [6.07, 6.45) is 6.17. The maximum Gasteiger partial charge on any atom is 0.253 e. The van der Waals surface area contributed by atoms with Crippen LogP contribution in [0, 0.1) is 11.8 Å². The molecule has 2 heterocycles. The van der Waals surface area contributed by atoms with Crippen LogP contribution in [0.25, 0.3) is 0 Å². The number of piperidine rings is 1. The van der Waals surface area contributed by atoms with E-state index in [9.17, 15) is 4.79 Å². The van der Waals surface area contributed by atoms with Gasteiger partial charge >= 0.3 is 0 Å². The van der Waals surface area contributed by atoms with E-state index in [1.165, 1.54) is 38.9 Å². The number of rotatable bonds is 4. The Morgan fingerprint density at radius 2 is 1.92 bits per heavy atom. The molecule has 1 aromatic carbocycles. The minimum Gasteiger partial charge on any atom is -0.497 e. The second-order valence-corrected chi connectivity index (χ2v) is 7.80. The third kappa shape index (κ3) is 4.97. The van der Waals surface area contributed by atoms with E-state index in [4.69, 9.17) is 4.74 Å². The zero-order valence-corrected chi connectivity index (χ0v) is 15.7. The molecular formula is C21H32N2O2. The van der Waals surface area contributed by atoms with Crippen molar-refractivity contribution in [3.8, 4) is 5.75 Å². The largest absolute Gasteiger partial charge is 0.497 e. The van der Waals surface area contributed by atoms with Gasteiger partial charge in [-0.3, -0.25) is 4.79 Å². The van der Waals surface area contributed by atoms with Crippen molar-refractivity contribution < 1.29 is 9.53 Å². The molecule has 25 heavy (non-hydrogen) atoms. The Balaban J connectivity index is 1.53. The highest BCUT2D eigenvalue weighted by atomic mass is 16.5. The summed E-state index contributed by atoms with van der Waals surface area (Å²) in [7, 11) is 1.64. The van der Waals surface area contributed by atoms with E-state index >= 15 is 0 Å². The number of ether oxygens (including phenoxy) is 1. The van der Waals surface area contributed by atoms with Gasteiger partial charge in [0.25, 0.3) is 5.91 Å². The van der Waals surface area contributed by atoms with E-state index in [-0.39, 0.29) is 5.91 Å². The SMILES string of the molecule is COc1cccc(C(=O)N2CCCC(CN3CCC(C)CC3)CC2)c1. The average Bonchev–Trinajstić information content (AvgIpc) is 2.88. The van der Waals surface area contributed by atoms with Crippen LogP contribution in [0.4, 0.5) is 0 Å². The number of nitrogens with zero attached hydrogens (tertiary/aromatic N) is 2. The van der Waals surface area contributed by atoms with Crippen LogP contribution in [0.3, 0.4) is 0 Å². The van der Waals surface area contributed by atoms with Crippen molar-refractivity contribution in [1.82, 2.24) is 9.80 Å². The molecule has 1 atom stereocenters. The summed E-state index contributed by atoms with van der Waals surface area (Å²) in [5.41, 5.74) is 0.739. The van der Waals surface area contributed by atoms with Crippen LogP contribution in [0.15, 0.2) is 24.3 Å². The Bertz CT molecular complexity index is 567. The fourth-order valence-corrected chi connectivity index (χ4v) is 4.10. The van der Waals surface area contributed by atoms with Crippen molar-refractivity contribution in [2.45, 2.75) is 39.0 Å². The van der Waals surface area contributed by atoms with Gasteiger partial charge in [-0.1, -0.05) is 13.0 Å². The molecule has 3 rings (SSSR count). The van der Waals surface area contributed by atoms with Gasteiger partial charge in [0.15, 0.2) is 0 Å². The van der Waals surface area contributed by atoms with Gasteiger partial charge < -0.3 is 14.5 Å². The monoisotopic (exact) mass is 344 g/mol. The van der Waals surface area contributed by atoms with E-state index < -0.39 is 0 Å². The quantitative estimate of drug-likeness (QED) is 0.835. The minimum absolute atomic E-state index is 0.145. The predicted molar refractivity (Wildman–Crippen MR) is 101 cm³/mol. The molecule has 0 saturated carbocycles. The topological polar surface area (TPSA) is 32.8 Å². The lowest BCUT2D eigenvalue weighted by atomic mass is 9.95. The fraction of sp³-hybridized carbons (Fsp3) is 0.667. The summed E-state index contributed by atoms with van der Waals surface area (Å²) >= 11 is 0. The zero-order valence-electron chi connectivity index (χ0n) is 15.7. The maximum atomic E-state index is 12.8. The Hall–Kier alpha value is -1.55. The lowest BCUT2D eigenvalue weighted by Crippen LogP contribution is -2.37. The molecule has 1 aromatic rings. The highest BCUT2D eigenvalue weighted by molar-refractivity contribution is 5.94. The second-order valence-electron chi connectivity index (χ2n) is 7.80. The number of methoxy groups -OCH3 is 1. The Morgan fingerprint density at radius 1 is 1.12 bits per heavy atom. The molecule has 2 aliphatic heterocycles. The van der Waals surface area contributed by atoms with Crippen molar-refractivity contribution in [3.05, 3.63) is 29.8 Å². The molecule has 4 heteroatoms. The van der Waals surface area contributed by atoms with E-state index in [1.807, 2.05) is 29.2 Å². The van der Waals surface area contributed by atoms with Crippen LogP contribution in [0.2, 0.25) is 0 Å². The van der Waals surface area contributed by atoms with Crippen molar-refractivity contribution in [2.75, 3.05) is 39.8 Å². The van der Waals surface area contributed by atoms with E-state index in [0.717, 1.165) is 49.1 Å². The van der Waals surface area contributed by atoms with Crippen molar-refractivity contribution >= 4 is 5.91 Å². The summed E-state index contributed by atoms with van der Waals surface area (Å²) in [6, 6.07) is 7.51. The van der Waals surface area contributed by atoms with Crippen molar-refractivity contribution in [2.24, 2.45) is 11.8 Å². The summed E-state index contributed by atoms with van der Waals surface area (Å²) in [5, 5.41) is 0. The Labute approximate surface area is 152 Å². The van der Waals surface area contributed by atoms with Gasteiger partial charge in [-0.05, 0) is 75.2 Å². The molecule has 0 aromatic heterocycles. The molecule has 0 spiro atoms. The van der Waals surface area contributed by atoms with Gasteiger partial charge in [-0.25, -0.2) is 0 Å². The molecule has 138 valence electrons. The third-order valence-corrected chi connectivity index (χ3v) is 5.84. The second kappa shape index (κ2) is 8.70. The number of hydrogen-bond donors (Lipinski definition) is 0. The number of carbonyl (C=O) groups is 1. The highest BCUT2D eigenvalue weighted by Crippen LogP contribution is 2.24. The molecule has 4 nitrogen and oxygen atoms in total. The van der Waals surface area contributed by atoms with E-state index in [2.05, 4.69) is 11.8 Å². The molecule has 0 aliphatic carbocycles. The normalized spacial score (nSPS) is 23.3. The summed E-state index contributed by atoms with van der Waals surface area (Å²) in [6.45, 7) is 7.85. The fourth-order valence-electron chi connectivity index (χ4n) is 4.10. The summed E-state index contributed by atoms with van der Waals surface area (Å²) < 4.78 is 5.25. The van der Waals surface area contributed by atoms with Crippen LogP contribution in [0.1, 0.15) is 49.4 Å². The Kier molecular flexibility index (Phi) is 6.35. The van der Waals surface area contributed by atoms with Crippen LogP contribution >= 0.6 is 0 Å². The molecule has 0 N–H and O–H groups in total. The standard InChI is InChI=1S/C21H32N2O2/c1-17-8-12-22(13-9-17)16-18-5-4-11-23(14-10-18)21(24)19-6-3-7-20(15-19)25-2/h3,6-7,15,17-18H,4-5,8-14,16H2,1-2H3.